The van der Waals surface area contributed by atoms with Gasteiger partial charge in [-0.05, 0) is 134 Å². The summed E-state index contributed by atoms with van der Waals surface area (Å²) in [5.41, 5.74) is 1.05. The van der Waals surface area contributed by atoms with Crippen LogP contribution in [0.1, 0.15) is 132 Å². The van der Waals surface area contributed by atoms with Crippen LogP contribution in [0.4, 0.5) is 0 Å². The van der Waals surface area contributed by atoms with Crippen LogP contribution >= 0.6 is 11.6 Å². The molecule has 0 aromatic heterocycles. The number of nitrogens with one attached hydrogen (secondary N) is 1. The molecule has 4 fully saturated rings. The monoisotopic (exact) mass is 735 g/mol. The first-order valence-corrected chi connectivity index (χ1v) is 20.2. The molecule has 0 radical (unpaired) electrons. The molecule has 2 N–H and O–H groups in total. The van der Waals surface area contributed by atoms with Gasteiger partial charge in [0, 0.05) is 23.4 Å². The number of Topliss-reactive ketones (excluding diaryl/α,β-unsaturated/α-hetero) is 2. The third-order valence-electron chi connectivity index (χ3n) is 15.9. The summed E-state index contributed by atoms with van der Waals surface area (Å²) >= 11 is 6.09. The molecule has 286 valence electrons. The minimum Gasteiger partial charge on any atom is -0.481 e. The number of carboxylic acids is 1. The first-order chi connectivity index (χ1) is 24.1. The number of allylic oxidation sites excluding steroid dienone is 2. The molecule has 7 nitrogen and oxygen atoms in total. The maximum atomic E-state index is 14.5. The van der Waals surface area contributed by atoms with Crippen molar-refractivity contribution in [2.24, 2.45) is 56.2 Å². The van der Waals surface area contributed by atoms with Crippen molar-refractivity contribution in [3.8, 4) is 0 Å². The Kier molecular flexibility index (Phi) is 10.1. The van der Waals surface area contributed by atoms with Crippen LogP contribution in [-0.4, -0.2) is 41.3 Å². The average molecular weight is 736 g/mol. The lowest BCUT2D eigenvalue weighted by Gasteiger charge is -2.72. The number of carbonyl (C=O) groups excluding carboxylic acids is 3. The molecule has 6 rings (SSSR count). The van der Waals surface area contributed by atoms with Gasteiger partial charge in [0.2, 0.25) is 0 Å². The van der Waals surface area contributed by atoms with Gasteiger partial charge >= 0.3 is 11.9 Å². The Hall–Kier alpha value is -2.51. The summed E-state index contributed by atoms with van der Waals surface area (Å²) in [7, 11) is 0. The lowest BCUT2D eigenvalue weighted by molar-refractivity contribution is -0.233. The zero-order valence-electron chi connectivity index (χ0n) is 33.0. The molecule has 0 spiro atoms. The number of carbonyl (C=O) groups is 4. The van der Waals surface area contributed by atoms with E-state index >= 15 is 0 Å². The van der Waals surface area contributed by atoms with E-state index in [1.165, 1.54) is 5.57 Å². The predicted octanol–water partition coefficient (Wildman–Crippen LogP) is 9.39. The Morgan fingerprint density at radius 1 is 0.923 bits per heavy atom. The molecule has 1 aromatic carbocycles. The number of ketones is 2. The summed E-state index contributed by atoms with van der Waals surface area (Å²) < 4.78 is 6.15. The van der Waals surface area contributed by atoms with Crippen molar-refractivity contribution < 1.29 is 29.0 Å². The minimum atomic E-state index is -1.17. The van der Waals surface area contributed by atoms with Crippen LogP contribution in [0.5, 0.6) is 0 Å². The highest BCUT2D eigenvalue weighted by atomic mass is 35.5. The molecule has 0 aliphatic heterocycles. The quantitative estimate of drug-likeness (QED) is 0.231. The Morgan fingerprint density at radius 2 is 1.60 bits per heavy atom. The molecule has 5 aliphatic carbocycles. The van der Waals surface area contributed by atoms with Gasteiger partial charge in [-0.2, -0.15) is 0 Å². The topological polar surface area (TPSA) is 110 Å². The number of halogens is 1. The molecule has 0 bridgehead atoms. The van der Waals surface area contributed by atoms with Crippen LogP contribution < -0.4 is 5.32 Å². The van der Waals surface area contributed by atoms with Crippen LogP contribution in [0.3, 0.4) is 0 Å². The van der Waals surface area contributed by atoms with Gasteiger partial charge in [-0.1, -0.05) is 72.2 Å². The lowest BCUT2D eigenvalue weighted by Crippen LogP contribution is -2.66. The fourth-order valence-corrected chi connectivity index (χ4v) is 13.0. The zero-order valence-corrected chi connectivity index (χ0v) is 33.8. The molecule has 52 heavy (non-hydrogen) atoms. The smallest absolute Gasteiger partial charge is 0.309 e. The van der Waals surface area contributed by atoms with Gasteiger partial charge in [-0.3, -0.25) is 19.2 Å². The van der Waals surface area contributed by atoms with E-state index in [1.807, 2.05) is 24.3 Å². The largest absolute Gasteiger partial charge is 0.481 e. The molecule has 8 heteroatoms. The Morgan fingerprint density at radius 3 is 2.23 bits per heavy atom. The maximum absolute atomic E-state index is 14.5. The van der Waals surface area contributed by atoms with E-state index in [2.05, 4.69) is 53.8 Å². The van der Waals surface area contributed by atoms with E-state index in [9.17, 15) is 24.3 Å². The van der Waals surface area contributed by atoms with Crippen LogP contribution in [0.15, 0.2) is 35.4 Å². The van der Waals surface area contributed by atoms with Crippen molar-refractivity contribution in [1.82, 2.24) is 5.32 Å². The van der Waals surface area contributed by atoms with Gasteiger partial charge in [0.1, 0.15) is 6.10 Å². The fourth-order valence-electron chi connectivity index (χ4n) is 12.9. The van der Waals surface area contributed by atoms with E-state index in [0.29, 0.717) is 29.8 Å². The van der Waals surface area contributed by atoms with E-state index < -0.39 is 22.8 Å². The summed E-state index contributed by atoms with van der Waals surface area (Å²) in [4.78, 5) is 53.3. The van der Waals surface area contributed by atoms with Crippen molar-refractivity contribution in [2.75, 3.05) is 6.54 Å². The van der Waals surface area contributed by atoms with Gasteiger partial charge in [0.05, 0.1) is 23.8 Å². The second kappa shape index (κ2) is 13.4. The second-order valence-corrected chi connectivity index (χ2v) is 20.1. The van der Waals surface area contributed by atoms with Gasteiger partial charge in [0.25, 0.3) is 0 Å². The van der Waals surface area contributed by atoms with E-state index in [1.54, 1.807) is 13.8 Å². The highest BCUT2D eigenvalue weighted by molar-refractivity contribution is 6.30. The Balaban J connectivity index is 1.26. The third kappa shape index (κ3) is 6.03. The Bertz CT molecular complexity index is 1660. The summed E-state index contributed by atoms with van der Waals surface area (Å²) in [5.74, 6) is -0.0169. The summed E-state index contributed by atoms with van der Waals surface area (Å²) in [6, 6.07) is 7.68. The summed E-state index contributed by atoms with van der Waals surface area (Å²) in [5, 5.41) is 13.7. The Labute approximate surface area is 316 Å². The normalized spacial score (nSPS) is 36.8. The van der Waals surface area contributed by atoms with Gasteiger partial charge in [-0.25, -0.2) is 0 Å². The molecule has 0 unspecified atom stereocenters. The standard InChI is InChI=1S/C44H62ClNO6/c1-26(2)36-30(47)22-44(33(48)25-46-24-27-10-12-28(45)13-11-27)21-20-42(8)29(37(36)44)14-15-32-41(7)18-17-34(52-35(49)23-39(3,4)38(50)51)40(5,6)31(41)16-19-43(32,42)9/h10-13,26,29,31-32,34,46H,14-25H2,1-9H3,(H,50,51)/t29-,31+,32-,34+,41+,42-,43-,44+/m1/s1. The SMILES string of the molecule is CC(C)C1=C2[C@H]3CC[C@@H]4[C@@]5(C)CC[C@H](OC(=O)CC(C)(C)C(=O)O)C(C)(C)[C@@H]5CC[C@@]4(C)[C@]3(C)CC[C@@]2(C(=O)CNCc2ccc(Cl)cc2)CC1=O. The number of aliphatic carboxylic acids is 1. The molecule has 4 saturated carbocycles. The number of rotatable bonds is 10. The number of hydrogen-bond donors (Lipinski definition) is 2. The lowest BCUT2D eigenvalue weighted by atomic mass is 9.33. The number of ether oxygens (including phenoxy) is 1. The van der Waals surface area contributed by atoms with Crippen molar-refractivity contribution in [1.29, 1.82) is 0 Å². The van der Waals surface area contributed by atoms with Gasteiger partial charge in [0.15, 0.2) is 11.6 Å². The fraction of sp³-hybridized carbons (Fsp3) is 0.727. The predicted molar refractivity (Wildman–Crippen MR) is 204 cm³/mol. The molecule has 8 atom stereocenters. The van der Waals surface area contributed by atoms with Crippen LogP contribution in [0.25, 0.3) is 0 Å². The highest BCUT2D eigenvalue weighted by Gasteiger charge is 2.71. The number of benzene rings is 1. The third-order valence-corrected chi connectivity index (χ3v) is 16.1. The number of carboxylic acid groups (broad SMARTS) is 1. The molecule has 1 aromatic rings. The summed E-state index contributed by atoms with van der Waals surface area (Å²) in [6.45, 7) is 20.3. The highest BCUT2D eigenvalue weighted by Crippen LogP contribution is 2.76. The van der Waals surface area contributed by atoms with Gasteiger partial charge < -0.3 is 15.2 Å². The number of esters is 1. The maximum Gasteiger partial charge on any atom is 0.309 e. The summed E-state index contributed by atoms with van der Waals surface area (Å²) in [6.07, 6.45) is 7.41. The first kappa shape index (κ1) is 39.2. The zero-order chi connectivity index (χ0) is 38.2. The number of hydrogen-bond acceptors (Lipinski definition) is 6. The van der Waals surface area contributed by atoms with E-state index in [0.717, 1.165) is 62.5 Å². The average Bonchev–Trinajstić information content (AvgIpc) is 3.36. The number of fused-ring (bicyclic) bond motifs is 7. The van der Waals surface area contributed by atoms with Crippen molar-refractivity contribution in [2.45, 2.75) is 139 Å². The van der Waals surface area contributed by atoms with Crippen molar-refractivity contribution in [3.63, 3.8) is 0 Å². The molecular formula is C44H62ClNO6. The van der Waals surface area contributed by atoms with Crippen LogP contribution in [-0.2, 0) is 30.5 Å². The van der Waals surface area contributed by atoms with Crippen LogP contribution in [0, 0.1) is 56.2 Å². The van der Waals surface area contributed by atoms with E-state index in [4.69, 9.17) is 16.3 Å². The van der Waals surface area contributed by atoms with Crippen LogP contribution in [0.2, 0.25) is 5.02 Å². The van der Waals surface area contributed by atoms with Crippen molar-refractivity contribution >= 4 is 35.1 Å². The van der Waals surface area contributed by atoms with E-state index in [-0.39, 0.29) is 64.1 Å². The molecule has 0 saturated heterocycles. The first-order valence-electron chi connectivity index (χ1n) is 19.8. The second-order valence-electron chi connectivity index (χ2n) is 19.6. The molecule has 0 amide bonds. The van der Waals surface area contributed by atoms with Crippen molar-refractivity contribution in [3.05, 3.63) is 46.0 Å². The minimum absolute atomic E-state index is 0.0229. The molecule has 5 aliphatic rings. The molecular weight excluding hydrogens is 674 g/mol. The molecule has 0 heterocycles. The van der Waals surface area contributed by atoms with Gasteiger partial charge in [-0.15, -0.1) is 0 Å².